The third-order valence-electron chi connectivity index (χ3n) is 10.6. The van der Waals surface area contributed by atoms with Crippen LogP contribution in [0.15, 0.2) is 24.3 Å². The molecule has 1 rings (SSSR count). The van der Waals surface area contributed by atoms with Crippen molar-refractivity contribution in [3.05, 3.63) is 24.3 Å². The van der Waals surface area contributed by atoms with E-state index in [4.69, 9.17) is 19.1 Å². The van der Waals surface area contributed by atoms with E-state index < -0.39 is 76.7 Å². The first-order valence-electron chi connectivity index (χ1n) is 22.4. The highest BCUT2D eigenvalue weighted by molar-refractivity contribution is 7.47. The van der Waals surface area contributed by atoms with Crippen molar-refractivity contribution in [3.8, 4) is 0 Å². The molecule has 0 aliphatic heterocycles. The van der Waals surface area contributed by atoms with Gasteiger partial charge in [0.2, 0.25) is 0 Å². The zero-order valence-corrected chi connectivity index (χ0v) is 36.9. The van der Waals surface area contributed by atoms with Crippen molar-refractivity contribution in [2.45, 2.75) is 199 Å². The van der Waals surface area contributed by atoms with Gasteiger partial charge in [0.05, 0.1) is 44.6 Å². The summed E-state index contributed by atoms with van der Waals surface area (Å²) in [6.07, 6.45) is 24.2. The molecular weight excluding hydrogens is 767 g/mol. The highest BCUT2D eigenvalue weighted by Crippen LogP contribution is 2.43. The lowest BCUT2D eigenvalue weighted by Gasteiger charge is -2.20. The molecule has 1 unspecified atom stereocenters. The monoisotopic (exact) mass is 849 g/mol. The van der Waals surface area contributed by atoms with Crippen molar-refractivity contribution in [1.29, 1.82) is 0 Å². The summed E-state index contributed by atoms with van der Waals surface area (Å²) in [6, 6.07) is 0. The van der Waals surface area contributed by atoms with E-state index in [-0.39, 0.29) is 31.1 Å². The minimum absolute atomic E-state index is 0.121. The van der Waals surface area contributed by atoms with Gasteiger partial charge in [-0.25, -0.2) is 4.57 Å². The van der Waals surface area contributed by atoms with Gasteiger partial charge < -0.3 is 39.9 Å². The van der Waals surface area contributed by atoms with Gasteiger partial charge in [-0.2, -0.15) is 0 Å². The van der Waals surface area contributed by atoms with E-state index >= 15 is 0 Å². The van der Waals surface area contributed by atoms with Crippen LogP contribution >= 0.6 is 7.82 Å². The van der Waals surface area contributed by atoms with Crippen molar-refractivity contribution in [2.75, 3.05) is 26.4 Å². The Morgan fingerprint density at radius 1 is 0.741 bits per heavy atom. The van der Waals surface area contributed by atoms with Gasteiger partial charge >= 0.3 is 19.8 Å². The van der Waals surface area contributed by atoms with Crippen molar-refractivity contribution in [2.24, 2.45) is 17.8 Å². The van der Waals surface area contributed by atoms with Crippen LogP contribution in [0.3, 0.4) is 0 Å². The smallest absolute Gasteiger partial charge is 0.461 e. The van der Waals surface area contributed by atoms with Crippen LogP contribution in [0, 0.1) is 17.8 Å². The summed E-state index contributed by atoms with van der Waals surface area (Å²) in [6.45, 7) is 4.24. The molecule has 0 aromatic heterocycles. The van der Waals surface area contributed by atoms with Crippen LogP contribution in [0.25, 0.3) is 0 Å². The number of aliphatic hydroxyl groups excluding tert-OH is 5. The predicted molar refractivity (Wildman–Crippen MR) is 226 cm³/mol. The Hall–Kier alpha value is -1.67. The van der Waals surface area contributed by atoms with Crippen LogP contribution in [0.4, 0.5) is 0 Å². The van der Waals surface area contributed by atoms with Gasteiger partial charge in [0.1, 0.15) is 12.7 Å². The van der Waals surface area contributed by atoms with Gasteiger partial charge in [-0.15, -0.1) is 0 Å². The van der Waals surface area contributed by atoms with Gasteiger partial charge in [-0.1, -0.05) is 154 Å². The number of ether oxygens (including phenoxy) is 2. The fourth-order valence-corrected chi connectivity index (χ4v) is 7.88. The van der Waals surface area contributed by atoms with Crippen LogP contribution in [-0.2, 0) is 32.7 Å². The Morgan fingerprint density at radius 2 is 1.31 bits per heavy atom. The first kappa shape index (κ1) is 54.3. The molecule has 0 radical (unpaired) electrons. The SMILES string of the molecule is CCCCC[C@@H](O)/C=C/[C@@H]1[C@H](C/C=C\CC(=O)OC[C@H](COP(=O)(O)OC[C@@H](O)CO)OC(=O)CCCCCCCCCCCCCCCCC(C)C)[C@@H](O)C[C@H]1O. The maximum atomic E-state index is 12.7. The molecule has 0 spiro atoms. The first-order chi connectivity index (χ1) is 27.8. The number of phosphoric acid groups is 1. The molecule has 0 amide bonds. The second kappa shape index (κ2) is 34.0. The van der Waals surface area contributed by atoms with Crippen LogP contribution in [0.5, 0.6) is 0 Å². The largest absolute Gasteiger partial charge is 0.472 e. The molecule has 14 heteroatoms. The molecule has 0 bridgehead atoms. The standard InChI is InChI=1S/C44H81O13P/c1-4-5-18-24-36(46)28-29-40-39(41(48)30-42(40)49)25-21-22-26-43(50)54-33-38(34-56-58(52,53)55-32-37(47)31-45)57-44(51)27-20-17-15-13-11-9-7-6-8-10-12-14-16-19-23-35(2)3/h21-22,28-29,35-42,45-49H,4-20,23-27,30-34H2,1-3H3,(H,52,53)/b22-21-,29-28+/t36-,37+,38-,39+,40-,41+,42-/m1/s1. The summed E-state index contributed by atoms with van der Waals surface area (Å²) in [5, 5.41) is 49.7. The average molecular weight is 849 g/mol. The molecule has 8 atom stereocenters. The van der Waals surface area contributed by atoms with Gasteiger partial charge in [-0.3, -0.25) is 18.6 Å². The quantitative estimate of drug-likeness (QED) is 0.0152. The number of hydrogen-bond acceptors (Lipinski definition) is 12. The van der Waals surface area contributed by atoms with E-state index in [0.29, 0.717) is 19.3 Å². The summed E-state index contributed by atoms with van der Waals surface area (Å²) in [4.78, 5) is 35.3. The minimum atomic E-state index is -4.70. The second-order valence-corrected chi connectivity index (χ2v) is 18.0. The van der Waals surface area contributed by atoms with E-state index in [1.165, 1.54) is 70.6 Å². The Kier molecular flexibility index (Phi) is 31.8. The lowest BCUT2D eigenvalue weighted by atomic mass is 9.89. The number of rotatable bonds is 37. The molecule has 0 saturated heterocycles. The number of unbranched alkanes of at least 4 members (excludes halogenated alkanes) is 15. The lowest BCUT2D eigenvalue weighted by Crippen LogP contribution is -2.29. The Morgan fingerprint density at radius 3 is 1.90 bits per heavy atom. The summed E-state index contributed by atoms with van der Waals surface area (Å²) in [7, 11) is -4.70. The van der Waals surface area contributed by atoms with Gasteiger partial charge in [0, 0.05) is 18.8 Å². The maximum Gasteiger partial charge on any atom is 0.472 e. The average Bonchev–Trinajstić information content (AvgIpc) is 3.45. The number of carbonyl (C=O) groups is 2. The van der Waals surface area contributed by atoms with Crippen LogP contribution in [0.2, 0.25) is 0 Å². The number of phosphoric ester groups is 1. The molecule has 1 saturated carbocycles. The predicted octanol–water partition coefficient (Wildman–Crippen LogP) is 8.02. The molecule has 6 N–H and O–H groups in total. The van der Waals surface area contributed by atoms with Crippen LogP contribution in [-0.4, -0.2) is 99.3 Å². The van der Waals surface area contributed by atoms with Crippen LogP contribution < -0.4 is 0 Å². The highest BCUT2D eigenvalue weighted by atomic mass is 31.2. The topological polar surface area (TPSA) is 210 Å². The molecule has 1 fully saturated rings. The zero-order valence-electron chi connectivity index (χ0n) is 36.0. The Bertz CT molecular complexity index is 1150. The number of hydrogen-bond donors (Lipinski definition) is 6. The second-order valence-electron chi connectivity index (χ2n) is 16.5. The molecular formula is C44H81O13P. The van der Waals surface area contributed by atoms with E-state index in [0.717, 1.165) is 44.4 Å². The summed E-state index contributed by atoms with van der Waals surface area (Å²) in [5.74, 6) is -1.05. The summed E-state index contributed by atoms with van der Waals surface area (Å²) in [5.41, 5.74) is 0. The van der Waals surface area contributed by atoms with Gasteiger partial charge in [-0.05, 0) is 31.1 Å². The molecule has 13 nitrogen and oxygen atoms in total. The van der Waals surface area contributed by atoms with Crippen LogP contribution in [0.1, 0.15) is 168 Å². The van der Waals surface area contributed by atoms with Gasteiger partial charge in [0.25, 0.3) is 0 Å². The van der Waals surface area contributed by atoms with E-state index in [1.54, 1.807) is 24.3 Å². The highest BCUT2D eigenvalue weighted by Gasteiger charge is 2.39. The number of aliphatic hydroxyl groups is 5. The minimum Gasteiger partial charge on any atom is -0.461 e. The molecule has 0 aromatic rings. The number of esters is 2. The van der Waals surface area contributed by atoms with Gasteiger partial charge in [0.15, 0.2) is 6.10 Å². The van der Waals surface area contributed by atoms with E-state index in [1.807, 2.05) is 0 Å². The van der Waals surface area contributed by atoms with E-state index in [2.05, 4.69) is 25.3 Å². The summed E-state index contributed by atoms with van der Waals surface area (Å²) >= 11 is 0. The Balaban J connectivity index is 2.48. The lowest BCUT2D eigenvalue weighted by molar-refractivity contribution is -0.160. The third kappa shape index (κ3) is 28.7. The fraction of sp³-hybridized carbons (Fsp3) is 0.864. The fourth-order valence-electron chi connectivity index (χ4n) is 7.09. The maximum absolute atomic E-state index is 12.7. The molecule has 1 aliphatic carbocycles. The third-order valence-corrected chi connectivity index (χ3v) is 11.6. The molecule has 58 heavy (non-hydrogen) atoms. The van der Waals surface area contributed by atoms with Crippen molar-refractivity contribution in [3.63, 3.8) is 0 Å². The molecule has 0 heterocycles. The summed E-state index contributed by atoms with van der Waals surface area (Å²) < 4.78 is 32.7. The van der Waals surface area contributed by atoms with Crippen molar-refractivity contribution in [1.82, 2.24) is 0 Å². The molecule has 1 aliphatic rings. The Labute approximate surface area is 349 Å². The number of carbonyl (C=O) groups excluding carboxylic acids is 2. The van der Waals surface area contributed by atoms with E-state index in [9.17, 15) is 39.5 Å². The normalized spacial score (nSPS) is 21.1. The van der Waals surface area contributed by atoms with Crippen molar-refractivity contribution < 1.29 is 63.1 Å². The molecule has 0 aromatic carbocycles. The molecule has 340 valence electrons. The van der Waals surface area contributed by atoms with Crippen molar-refractivity contribution >= 4 is 19.8 Å². The zero-order chi connectivity index (χ0) is 43.0. The number of allylic oxidation sites excluding steroid dienone is 1. The first-order valence-corrected chi connectivity index (χ1v) is 23.9.